The van der Waals surface area contributed by atoms with E-state index < -0.39 is 10.0 Å². The van der Waals surface area contributed by atoms with Gasteiger partial charge in [-0.1, -0.05) is 17.6 Å². The molecule has 0 bridgehead atoms. The van der Waals surface area contributed by atoms with Crippen LogP contribution < -0.4 is 10.0 Å². The second kappa shape index (κ2) is 9.71. The van der Waals surface area contributed by atoms with Crippen molar-refractivity contribution in [3.05, 3.63) is 53.2 Å². The van der Waals surface area contributed by atoms with E-state index in [-0.39, 0.29) is 16.8 Å². The first-order chi connectivity index (χ1) is 15.0. The summed E-state index contributed by atoms with van der Waals surface area (Å²) in [4.78, 5) is 17.8. The first-order valence-electron chi connectivity index (χ1n) is 10.3. The minimum atomic E-state index is -3.50. The Kier molecular flexibility index (Phi) is 6.79. The molecule has 1 fully saturated rings. The summed E-state index contributed by atoms with van der Waals surface area (Å²) in [5.74, 6) is 1.04. The Morgan fingerprint density at radius 3 is 2.65 bits per heavy atom. The van der Waals surface area contributed by atoms with Gasteiger partial charge in [0.1, 0.15) is 0 Å². The van der Waals surface area contributed by atoms with Gasteiger partial charge in [0.05, 0.1) is 9.77 Å². The lowest BCUT2D eigenvalue weighted by Crippen LogP contribution is -2.26. The van der Waals surface area contributed by atoms with Crippen LogP contribution in [0.3, 0.4) is 0 Å². The quantitative estimate of drug-likeness (QED) is 0.424. The van der Waals surface area contributed by atoms with Crippen LogP contribution in [-0.4, -0.2) is 37.1 Å². The van der Waals surface area contributed by atoms with E-state index in [4.69, 9.17) is 4.52 Å². The second-order valence-corrected chi connectivity index (χ2v) is 10.1. The molecule has 8 nitrogen and oxygen atoms in total. The third-order valence-electron chi connectivity index (χ3n) is 4.89. The summed E-state index contributed by atoms with van der Waals surface area (Å²) in [6.07, 6.45) is 5.10. The number of hydrogen-bond acceptors (Lipinski definition) is 7. The number of nitrogens with zero attached hydrogens (tertiary/aromatic N) is 2. The molecule has 0 saturated heterocycles. The summed E-state index contributed by atoms with van der Waals surface area (Å²) < 4.78 is 32.3. The third kappa shape index (κ3) is 5.99. The van der Waals surface area contributed by atoms with Crippen LogP contribution in [0.2, 0.25) is 0 Å². The van der Waals surface area contributed by atoms with Gasteiger partial charge in [-0.05, 0) is 61.4 Å². The number of carbonyl (C=O) groups is 1. The molecule has 4 rings (SSSR count). The minimum absolute atomic E-state index is 0.0517. The highest BCUT2D eigenvalue weighted by molar-refractivity contribution is 7.89. The Hall–Kier alpha value is -2.56. The maximum atomic E-state index is 12.3. The third-order valence-corrected chi connectivity index (χ3v) is 7.29. The van der Waals surface area contributed by atoms with Crippen LogP contribution in [0.15, 0.2) is 51.2 Å². The first kappa shape index (κ1) is 21.7. The molecule has 10 heteroatoms. The molecule has 1 aliphatic rings. The van der Waals surface area contributed by atoms with E-state index >= 15 is 0 Å². The maximum Gasteiger partial charge on any atom is 0.251 e. The molecule has 2 aromatic heterocycles. The molecule has 2 heterocycles. The molecule has 1 saturated carbocycles. The topological polar surface area (TPSA) is 114 Å². The van der Waals surface area contributed by atoms with Gasteiger partial charge in [-0.15, -0.1) is 11.3 Å². The number of rotatable bonds is 11. The summed E-state index contributed by atoms with van der Waals surface area (Å²) in [6, 6.07) is 9.97. The highest BCUT2D eigenvalue weighted by atomic mass is 32.2. The average molecular weight is 461 g/mol. The van der Waals surface area contributed by atoms with Crippen molar-refractivity contribution in [2.45, 2.75) is 49.5 Å². The molecule has 0 aliphatic heterocycles. The summed E-state index contributed by atoms with van der Waals surface area (Å²) in [5.41, 5.74) is 0.442. The second-order valence-electron chi connectivity index (χ2n) is 7.48. The highest BCUT2D eigenvalue weighted by Gasteiger charge is 2.27. The van der Waals surface area contributed by atoms with E-state index in [0.29, 0.717) is 30.2 Å². The van der Waals surface area contributed by atoms with Crippen molar-refractivity contribution < 1.29 is 17.7 Å². The van der Waals surface area contributed by atoms with Gasteiger partial charge in [0, 0.05) is 24.6 Å². The SMILES string of the molecule is O=C(NCCCCCc1nc(-c2cccs2)no1)c1ccc(S(=O)(=O)NC2CC2)cc1. The number of nitrogens with one attached hydrogen (secondary N) is 2. The summed E-state index contributed by atoms with van der Waals surface area (Å²) >= 11 is 1.57. The summed E-state index contributed by atoms with van der Waals surface area (Å²) in [7, 11) is -3.50. The molecule has 0 atom stereocenters. The fourth-order valence-corrected chi connectivity index (χ4v) is 4.97. The molecule has 1 aromatic carbocycles. The number of benzene rings is 1. The summed E-state index contributed by atoms with van der Waals surface area (Å²) in [5, 5.41) is 8.84. The molecule has 1 aliphatic carbocycles. The van der Waals surface area contributed by atoms with Crippen LogP contribution in [0, 0.1) is 0 Å². The molecule has 3 aromatic rings. The van der Waals surface area contributed by atoms with Crippen LogP contribution >= 0.6 is 11.3 Å². The van der Waals surface area contributed by atoms with Gasteiger partial charge in [-0.2, -0.15) is 4.98 Å². The Labute approximate surface area is 185 Å². The van der Waals surface area contributed by atoms with Crippen molar-refractivity contribution in [2.75, 3.05) is 6.54 Å². The molecule has 31 heavy (non-hydrogen) atoms. The molecule has 1 amide bonds. The Bertz CT molecular complexity index is 1100. The zero-order valence-electron chi connectivity index (χ0n) is 16.9. The fourth-order valence-electron chi connectivity index (χ4n) is 3.02. The molecule has 0 spiro atoms. The molecule has 0 unspecified atom stereocenters. The van der Waals surface area contributed by atoms with Crippen molar-refractivity contribution in [1.82, 2.24) is 20.2 Å². The van der Waals surface area contributed by atoms with Crippen molar-refractivity contribution in [3.63, 3.8) is 0 Å². The van der Waals surface area contributed by atoms with E-state index in [1.54, 1.807) is 11.3 Å². The van der Waals surface area contributed by atoms with Gasteiger partial charge in [0.15, 0.2) is 0 Å². The molecule has 2 N–H and O–H groups in total. The van der Waals surface area contributed by atoms with E-state index in [1.165, 1.54) is 24.3 Å². The fraction of sp³-hybridized carbons (Fsp3) is 0.381. The van der Waals surface area contributed by atoms with E-state index in [1.807, 2.05) is 17.5 Å². The highest BCUT2D eigenvalue weighted by Crippen LogP contribution is 2.23. The zero-order chi connectivity index (χ0) is 21.7. The average Bonchev–Trinajstić information content (AvgIpc) is 3.21. The molecule has 0 radical (unpaired) electrons. The van der Waals surface area contributed by atoms with Crippen LogP contribution in [0.5, 0.6) is 0 Å². The van der Waals surface area contributed by atoms with Crippen LogP contribution in [0.4, 0.5) is 0 Å². The number of sulfonamides is 1. The standard InChI is InChI=1S/C21H24N4O4S2/c26-21(15-7-11-17(12-8-15)31(27,28)25-16-9-10-16)22-13-3-1-2-6-19-23-20(24-29-19)18-5-4-14-30-18/h4-5,7-8,11-12,14,16,25H,1-3,6,9-10,13H2,(H,22,26). The van der Waals surface area contributed by atoms with Gasteiger partial charge < -0.3 is 9.84 Å². The lowest BCUT2D eigenvalue weighted by atomic mass is 10.2. The molecular weight excluding hydrogens is 436 g/mol. The van der Waals surface area contributed by atoms with Gasteiger partial charge >= 0.3 is 0 Å². The predicted octanol–water partition coefficient (Wildman–Crippen LogP) is 3.38. The Balaban J connectivity index is 1.15. The minimum Gasteiger partial charge on any atom is -0.352 e. The van der Waals surface area contributed by atoms with Crippen molar-refractivity contribution >= 4 is 27.3 Å². The summed E-state index contributed by atoms with van der Waals surface area (Å²) in [6.45, 7) is 0.548. The number of carbonyl (C=O) groups excluding carboxylic acids is 1. The molecular formula is C21H24N4O4S2. The number of thiophene rings is 1. The first-order valence-corrected chi connectivity index (χ1v) is 12.6. The lowest BCUT2D eigenvalue weighted by Gasteiger charge is -2.07. The van der Waals surface area contributed by atoms with Gasteiger partial charge in [-0.3, -0.25) is 4.79 Å². The van der Waals surface area contributed by atoms with Gasteiger partial charge in [0.25, 0.3) is 5.91 Å². The van der Waals surface area contributed by atoms with Gasteiger partial charge in [-0.25, -0.2) is 13.1 Å². The molecule has 164 valence electrons. The smallest absolute Gasteiger partial charge is 0.251 e. The van der Waals surface area contributed by atoms with Crippen molar-refractivity contribution in [3.8, 4) is 10.7 Å². The number of aryl methyl sites for hydroxylation is 1. The van der Waals surface area contributed by atoms with Crippen molar-refractivity contribution in [1.29, 1.82) is 0 Å². The number of amides is 1. The maximum absolute atomic E-state index is 12.3. The Morgan fingerprint density at radius 2 is 1.94 bits per heavy atom. The Morgan fingerprint density at radius 1 is 1.13 bits per heavy atom. The van der Waals surface area contributed by atoms with Crippen molar-refractivity contribution in [2.24, 2.45) is 0 Å². The van der Waals surface area contributed by atoms with Crippen LogP contribution in [0.1, 0.15) is 48.4 Å². The largest absolute Gasteiger partial charge is 0.352 e. The number of hydrogen-bond donors (Lipinski definition) is 2. The van der Waals surface area contributed by atoms with Crippen LogP contribution in [0.25, 0.3) is 10.7 Å². The van der Waals surface area contributed by atoms with E-state index in [0.717, 1.165) is 37.0 Å². The van der Waals surface area contributed by atoms with Crippen LogP contribution in [-0.2, 0) is 16.4 Å². The number of unbranched alkanes of at least 4 members (excludes halogenated alkanes) is 2. The lowest BCUT2D eigenvalue weighted by molar-refractivity contribution is 0.0953. The monoisotopic (exact) mass is 460 g/mol. The predicted molar refractivity (Wildman–Crippen MR) is 117 cm³/mol. The number of aromatic nitrogens is 2. The van der Waals surface area contributed by atoms with E-state index in [9.17, 15) is 13.2 Å². The van der Waals surface area contributed by atoms with Gasteiger partial charge in [0.2, 0.25) is 21.7 Å². The van der Waals surface area contributed by atoms with E-state index in [2.05, 4.69) is 20.2 Å². The normalized spacial score (nSPS) is 13.9. The zero-order valence-corrected chi connectivity index (χ0v) is 18.5.